The number of morpholine rings is 1. The molecule has 1 aliphatic rings. The van der Waals surface area contributed by atoms with Gasteiger partial charge in [-0.25, -0.2) is 12.8 Å². The first-order chi connectivity index (χ1) is 10.4. The summed E-state index contributed by atoms with van der Waals surface area (Å²) in [6.45, 7) is 1.40. The molecule has 0 aliphatic carbocycles. The second kappa shape index (κ2) is 7.66. The SMILES string of the molecule is O=C(NCCS(=O)(=O)N1CCOCC1)c1cc(F)ccc1I. The van der Waals surface area contributed by atoms with Crippen molar-refractivity contribution in [3.05, 3.63) is 33.1 Å². The van der Waals surface area contributed by atoms with E-state index in [1.807, 2.05) is 22.6 Å². The lowest BCUT2D eigenvalue weighted by atomic mass is 10.2. The van der Waals surface area contributed by atoms with Crippen molar-refractivity contribution in [2.45, 2.75) is 0 Å². The van der Waals surface area contributed by atoms with Gasteiger partial charge in [-0.05, 0) is 40.8 Å². The van der Waals surface area contributed by atoms with Gasteiger partial charge in [-0.2, -0.15) is 4.31 Å². The maximum absolute atomic E-state index is 13.2. The molecule has 0 bridgehead atoms. The van der Waals surface area contributed by atoms with Crippen LogP contribution < -0.4 is 5.32 Å². The predicted octanol–water partition coefficient (Wildman–Crippen LogP) is 0.822. The second-order valence-corrected chi connectivity index (χ2v) is 7.96. The molecule has 0 spiro atoms. The van der Waals surface area contributed by atoms with Gasteiger partial charge in [0.15, 0.2) is 0 Å². The number of ether oxygens (including phenoxy) is 1. The fraction of sp³-hybridized carbons (Fsp3) is 0.462. The number of hydrogen-bond acceptors (Lipinski definition) is 4. The molecule has 0 radical (unpaired) electrons. The first-order valence-corrected chi connectivity index (χ1v) is 9.38. The van der Waals surface area contributed by atoms with Crippen molar-refractivity contribution in [3.8, 4) is 0 Å². The molecule has 6 nitrogen and oxygen atoms in total. The molecule has 1 saturated heterocycles. The number of amides is 1. The summed E-state index contributed by atoms with van der Waals surface area (Å²) in [7, 11) is -3.42. The van der Waals surface area contributed by atoms with Crippen LogP contribution in [0.5, 0.6) is 0 Å². The monoisotopic (exact) mass is 442 g/mol. The molecule has 1 aromatic rings. The van der Waals surface area contributed by atoms with Crippen LogP contribution in [0.25, 0.3) is 0 Å². The molecule has 122 valence electrons. The van der Waals surface area contributed by atoms with E-state index in [0.29, 0.717) is 29.9 Å². The number of hydrogen-bond donors (Lipinski definition) is 1. The maximum atomic E-state index is 13.2. The van der Waals surface area contributed by atoms with Crippen LogP contribution in [-0.2, 0) is 14.8 Å². The number of benzene rings is 1. The number of rotatable bonds is 5. The van der Waals surface area contributed by atoms with Gasteiger partial charge in [0.25, 0.3) is 5.91 Å². The van der Waals surface area contributed by atoms with Crippen molar-refractivity contribution >= 4 is 38.5 Å². The Labute approximate surface area is 142 Å². The van der Waals surface area contributed by atoms with E-state index in [4.69, 9.17) is 4.74 Å². The van der Waals surface area contributed by atoms with E-state index in [9.17, 15) is 17.6 Å². The summed E-state index contributed by atoms with van der Waals surface area (Å²) in [5.41, 5.74) is 0.198. The van der Waals surface area contributed by atoms with Gasteiger partial charge in [0.05, 0.1) is 24.5 Å². The quantitative estimate of drug-likeness (QED) is 0.686. The number of carbonyl (C=O) groups is 1. The van der Waals surface area contributed by atoms with Gasteiger partial charge in [0, 0.05) is 23.2 Å². The smallest absolute Gasteiger partial charge is 0.252 e. The molecular formula is C13H16FIN2O4S. The van der Waals surface area contributed by atoms with Crippen LogP contribution in [0.2, 0.25) is 0 Å². The minimum Gasteiger partial charge on any atom is -0.379 e. The fourth-order valence-electron chi connectivity index (χ4n) is 2.01. The zero-order valence-corrected chi connectivity index (χ0v) is 14.7. The lowest BCUT2D eigenvalue weighted by molar-refractivity contribution is 0.0730. The number of nitrogens with zero attached hydrogens (tertiary/aromatic N) is 1. The highest BCUT2D eigenvalue weighted by atomic mass is 127. The Morgan fingerprint density at radius 2 is 2.05 bits per heavy atom. The van der Waals surface area contributed by atoms with Gasteiger partial charge in [-0.3, -0.25) is 4.79 Å². The topological polar surface area (TPSA) is 75.7 Å². The molecule has 1 N–H and O–H groups in total. The van der Waals surface area contributed by atoms with Gasteiger partial charge in [-0.1, -0.05) is 0 Å². The summed E-state index contributed by atoms with van der Waals surface area (Å²) >= 11 is 1.93. The van der Waals surface area contributed by atoms with Crippen molar-refractivity contribution in [2.75, 3.05) is 38.6 Å². The van der Waals surface area contributed by atoms with Crippen LogP contribution in [0.3, 0.4) is 0 Å². The predicted molar refractivity (Wildman–Crippen MR) is 87.6 cm³/mol. The Morgan fingerprint density at radius 1 is 1.36 bits per heavy atom. The molecule has 1 aliphatic heterocycles. The molecular weight excluding hydrogens is 426 g/mol. The van der Waals surface area contributed by atoms with Crippen LogP contribution in [0.1, 0.15) is 10.4 Å². The Balaban J connectivity index is 1.90. The van der Waals surface area contributed by atoms with Gasteiger partial charge < -0.3 is 10.1 Å². The fourth-order valence-corrected chi connectivity index (χ4v) is 3.92. The molecule has 9 heteroatoms. The zero-order chi connectivity index (χ0) is 16.2. The van der Waals surface area contributed by atoms with Crippen LogP contribution in [0.4, 0.5) is 4.39 Å². The number of carbonyl (C=O) groups excluding carboxylic acids is 1. The molecule has 1 aromatic carbocycles. The van der Waals surface area contributed by atoms with Crippen LogP contribution >= 0.6 is 22.6 Å². The molecule has 1 heterocycles. The van der Waals surface area contributed by atoms with Gasteiger partial charge >= 0.3 is 0 Å². The van der Waals surface area contributed by atoms with E-state index in [1.54, 1.807) is 0 Å². The van der Waals surface area contributed by atoms with E-state index in [0.717, 1.165) is 6.07 Å². The highest BCUT2D eigenvalue weighted by molar-refractivity contribution is 14.1. The molecule has 1 amide bonds. The molecule has 0 unspecified atom stereocenters. The van der Waals surface area contributed by atoms with E-state index in [-0.39, 0.29) is 17.9 Å². The summed E-state index contributed by atoms with van der Waals surface area (Å²) in [5.74, 6) is -1.18. The zero-order valence-electron chi connectivity index (χ0n) is 11.7. The normalized spacial score (nSPS) is 16.5. The molecule has 0 saturated carbocycles. The molecule has 2 rings (SSSR count). The van der Waals surface area contributed by atoms with Crippen molar-refractivity contribution < 1.29 is 22.3 Å². The average Bonchev–Trinajstić information content (AvgIpc) is 2.50. The largest absolute Gasteiger partial charge is 0.379 e. The summed E-state index contributed by atoms with van der Waals surface area (Å²) in [4.78, 5) is 12.0. The Bertz CT molecular complexity index is 647. The minimum absolute atomic E-state index is 0.0227. The number of nitrogens with one attached hydrogen (secondary N) is 1. The second-order valence-electron chi connectivity index (χ2n) is 4.71. The molecule has 1 fully saturated rings. The maximum Gasteiger partial charge on any atom is 0.252 e. The van der Waals surface area contributed by atoms with Crippen LogP contribution in [0.15, 0.2) is 18.2 Å². The van der Waals surface area contributed by atoms with E-state index < -0.39 is 21.7 Å². The highest BCUT2D eigenvalue weighted by Crippen LogP contribution is 2.13. The van der Waals surface area contributed by atoms with Crippen molar-refractivity contribution in [1.82, 2.24) is 9.62 Å². The first-order valence-electron chi connectivity index (χ1n) is 6.69. The van der Waals surface area contributed by atoms with Crippen molar-refractivity contribution in [3.63, 3.8) is 0 Å². The Kier molecular flexibility index (Phi) is 6.12. The van der Waals surface area contributed by atoms with Gasteiger partial charge in [-0.15, -0.1) is 0 Å². The lowest BCUT2D eigenvalue weighted by Gasteiger charge is -2.26. The van der Waals surface area contributed by atoms with Crippen LogP contribution in [-0.4, -0.2) is 57.2 Å². The third kappa shape index (κ3) is 4.61. The standard InChI is InChI=1S/C13H16FIN2O4S/c14-10-1-2-12(15)11(9-10)13(18)16-3-8-22(19,20)17-4-6-21-7-5-17/h1-2,9H,3-8H2,(H,16,18). The van der Waals surface area contributed by atoms with Gasteiger partial charge in [0.2, 0.25) is 10.0 Å². The molecule has 0 aromatic heterocycles. The van der Waals surface area contributed by atoms with E-state index in [2.05, 4.69) is 5.32 Å². The van der Waals surface area contributed by atoms with Crippen LogP contribution in [0, 0.1) is 9.39 Å². The van der Waals surface area contributed by atoms with Crippen molar-refractivity contribution in [2.24, 2.45) is 0 Å². The lowest BCUT2D eigenvalue weighted by Crippen LogP contribution is -2.43. The molecule has 0 atom stereocenters. The van der Waals surface area contributed by atoms with E-state index in [1.165, 1.54) is 16.4 Å². The van der Waals surface area contributed by atoms with Gasteiger partial charge in [0.1, 0.15) is 5.82 Å². The summed E-state index contributed by atoms with van der Waals surface area (Å²) in [6.07, 6.45) is 0. The van der Waals surface area contributed by atoms with Crippen molar-refractivity contribution in [1.29, 1.82) is 0 Å². The Hall–Kier alpha value is -0.780. The highest BCUT2D eigenvalue weighted by Gasteiger charge is 2.24. The minimum atomic E-state index is -3.42. The third-order valence-corrected chi connectivity index (χ3v) is 5.99. The number of halogens is 2. The molecule has 22 heavy (non-hydrogen) atoms. The Morgan fingerprint density at radius 3 is 2.73 bits per heavy atom. The summed E-state index contributed by atoms with van der Waals surface area (Å²) in [5, 5.41) is 2.51. The summed E-state index contributed by atoms with van der Waals surface area (Å²) < 4.78 is 44.4. The third-order valence-electron chi connectivity index (χ3n) is 3.18. The average molecular weight is 442 g/mol. The summed E-state index contributed by atoms with van der Waals surface area (Å²) in [6, 6.07) is 3.89. The van der Waals surface area contributed by atoms with E-state index >= 15 is 0 Å². The first kappa shape index (κ1) is 17.6. The number of sulfonamides is 1.